The Morgan fingerprint density at radius 1 is 1.37 bits per heavy atom. The second-order valence-corrected chi connectivity index (χ2v) is 6.39. The third-order valence-electron chi connectivity index (χ3n) is 3.54. The maximum Gasteiger partial charge on any atom is 0.225 e. The molecule has 1 saturated heterocycles. The van der Waals surface area contributed by atoms with Crippen LogP contribution in [0.1, 0.15) is 17.7 Å². The van der Waals surface area contributed by atoms with Gasteiger partial charge in [-0.15, -0.1) is 11.3 Å². The van der Waals surface area contributed by atoms with Gasteiger partial charge in [-0.3, -0.25) is 0 Å². The number of halogens is 1. The van der Waals surface area contributed by atoms with E-state index in [0.29, 0.717) is 11.4 Å². The maximum absolute atomic E-state index is 6.04. The molecule has 102 valence electrons. The van der Waals surface area contributed by atoms with E-state index < -0.39 is 0 Å². The summed E-state index contributed by atoms with van der Waals surface area (Å²) in [5, 5.41) is 1.45. The molecule has 1 fully saturated rings. The zero-order chi connectivity index (χ0) is 13.4. The Morgan fingerprint density at radius 2 is 2.11 bits per heavy atom. The molecule has 1 aliphatic rings. The number of rotatable bonds is 2. The third kappa shape index (κ3) is 2.55. The van der Waals surface area contributed by atoms with E-state index in [4.69, 9.17) is 16.3 Å². The van der Waals surface area contributed by atoms with E-state index in [9.17, 15) is 0 Å². The molecule has 2 aromatic heterocycles. The molecule has 0 radical (unpaired) electrons. The van der Waals surface area contributed by atoms with Gasteiger partial charge in [0.05, 0.1) is 11.5 Å². The molecule has 2 aromatic rings. The van der Waals surface area contributed by atoms with Crippen LogP contribution in [0.15, 0.2) is 6.07 Å². The average molecular weight is 298 g/mol. The molecule has 3 heterocycles. The van der Waals surface area contributed by atoms with Crippen LogP contribution in [0.25, 0.3) is 10.2 Å². The summed E-state index contributed by atoms with van der Waals surface area (Å²) in [4.78, 5) is 13.2. The molecule has 0 aliphatic carbocycles. The van der Waals surface area contributed by atoms with Gasteiger partial charge in [0.25, 0.3) is 0 Å². The van der Waals surface area contributed by atoms with E-state index in [0.717, 1.165) is 42.0 Å². The predicted molar refractivity (Wildman–Crippen MR) is 79.4 cm³/mol. The number of hydrogen-bond donors (Lipinski definition) is 0. The van der Waals surface area contributed by atoms with Gasteiger partial charge in [-0.05, 0) is 37.4 Å². The summed E-state index contributed by atoms with van der Waals surface area (Å²) in [6, 6.07) is 2.15. The first-order valence-corrected chi connectivity index (χ1v) is 7.58. The van der Waals surface area contributed by atoms with Crippen LogP contribution < -0.4 is 4.90 Å². The standard InChI is InChI=1S/C13H16ClN3OS/c1-8-7-10-11(15-13(14)16-12(10)19-8)17-5-3-9(18-2)4-6-17/h7,9H,3-6H2,1-2H3. The largest absolute Gasteiger partial charge is 0.381 e. The van der Waals surface area contributed by atoms with Gasteiger partial charge in [-0.1, -0.05) is 0 Å². The van der Waals surface area contributed by atoms with E-state index in [1.165, 1.54) is 4.88 Å². The van der Waals surface area contributed by atoms with E-state index >= 15 is 0 Å². The molecule has 0 unspecified atom stereocenters. The van der Waals surface area contributed by atoms with Crippen molar-refractivity contribution in [3.8, 4) is 0 Å². The van der Waals surface area contributed by atoms with Crippen LogP contribution in [0.3, 0.4) is 0 Å². The summed E-state index contributed by atoms with van der Waals surface area (Å²) in [5.41, 5.74) is 0. The summed E-state index contributed by atoms with van der Waals surface area (Å²) in [5.74, 6) is 0.967. The minimum atomic E-state index is 0.332. The number of methoxy groups -OCH3 is 1. The maximum atomic E-state index is 6.04. The molecular weight excluding hydrogens is 282 g/mol. The number of hydrogen-bond acceptors (Lipinski definition) is 5. The molecule has 0 bridgehead atoms. The summed E-state index contributed by atoms with van der Waals surface area (Å²) >= 11 is 7.70. The fourth-order valence-corrected chi connectivity index (χ4v) is 3.63. The van der Waals surface area contributed by atoms with Gasteiger partial charge in [0.2, 0.25) is 5.28 Å². The molecule has 0 spiro atoms. The number of aromatic nitrogens is 2. The van der Waals surface area contributed by atoms with Crippen LogP contribution in [0.5, 0.6) is 0 Å². The average Bonchev–Trinajstić information content (AvgIpc) is 2.78. The van der Waals surface area contributed by atoms with E-state index in [2.05, 4.69) is 27.9 Å². The summed E-state index contributed by atoms with van der Waals surface area (Å²) in [6.07, 6.45) is 2.43. The molecule has 1 aliphatic heterocycles. The number of fused-ring (bicyclic) bond motifs is 1. The van der Waals surface area contributed by atoms with Crippen molar-refractivity contribution in [2.45, 2.75) is 25.9 Å². The minimum Gasteiger partial charge on any atom is -0.381 e. The van der Waals surface area contributed by atoms with E-state index in [1.807, 2.05) is 0 Å². The molecular formula is C13H16ClN3OS. The van der Waals surface area contributed by atoms with Crippen molar-refractivity contribution < 1.29 is 4.74 Å². The van der Waals surface area contributed by atoms with Crippen LogP contribution in [0.4, 0.5) is 5.82 Å². The Labute approximate surface area is 121 Å². The summed E-state index contributed by atoms with van der Waals surface area (Å²) in [7, 11) is 1.78. The summed E-state index contributed by atoms with van der Waals surface area (Å²) in [6.45, 7) is 3.99. The highest BCUT2D eigenvalue weighted by Gasteiger charge is 2.22. The van der Waals surface area contributed by atoms with Crippen LogP contribution in [0, 0.1) is 6.92 Å². The molecule has 0 aromatic carbocycles. The number of aryl methyl sites for hydroxylation is 1. The molecule has 3 rings (SSSR count). The van der Waals surface area contributed by atoms with Crippen molar-refractivity contribution in [1.29, 1.82) is 0 Å². The Morgan fingerprint density at radius 3 is 2.79 bits per heavy atom. The smallest absolute Gasteiger partial charge is 0.225 e. The molecule has 19 heavy (non-hydrogen) atoms. The number of piperidine rings is 1. The van der Waals surface area contributed by atoms with Gasteiger partial charge >= 0.3 is 0 Å². The fraction of sp³-hybridized carbons (Fsp3) is 0.538. The normalized spacial score (nSPS) is 17.3. The quantitative estimate of drug-likeness (QED) is 0.798. The lowest BCUT2D eigenvalue weighted by molar-refractivity contribution is 0.0818. The minimum absolute atomic E-state index is 0.332. The number of nitrogens with zero attached hydrogens (tertiary/aromatic N) is 3. The predicted octanol–water partition coefficient (Wildman–Crippen LogP) is 3.27. The molecule has 0 saturated carbocycles. The SMILES string of the molecule is COC1CCN(c2nc(Cl)nc3sc(C)cc23)CC1. The Hall–Kier alpha value is -0.910. The van der Waals surface area contributed by atoms with E-state index in [-0.39, 0.29) is 0 Å². The zero-order valence-corrected chi connectivity index (χ0v) is 12.6. The summed E-state index contributed by atoms with van der Waals surface area (Å²) < 4.78 is 5.41. The first-order valence-electron chi connectivity index (χ1n) is 6.39. The number of ether oxygens (including phenoxy) is 1. The van der Waals surface area contributed by atoms with Crippen LogP contribution in [0.2, 0.25) is 5.28 Å². The highest BCUT2D eigenvalue weighted by molar-refractivity contribution is 7.18. The lowest BCUT2D eigenvalue weighted by atomic mass is 10.1. The van der Waals surface area contributed by atoms with E-state index in [1.54, 1.807) is 18.4 Å². The lowest BCUT2D eigenvalue weighted by Crippen LogP contribution is -2.37. The second kappa shape index (κ2) is 5.23. The van der Waals surface area contributed by atoms with Crippen LogP contribution in [-0.4, -0.2) is 36.3 Å². The Kier molecular flexibility index (Phi) is 3.60. The van der Waals surface area contributed by atoms with Gasteiger partial charge < -0.3 is 9.64 Å². The highest BCUT2D eigenvalue weighted by Crippen LogP contribution is 2.33. The van der Waals surface area contributed by atoms with Gasteiger partial charge in [0, 0.05) is 25.1 Å². The first-order chi connectivity index (χ1) is 9.17. The fourth-order valence-electron chi connectivity index (χ4n) is 2.55. The Balaban J connectivity index is 1.96. The highest BCUT2D eigenvalue weighted by atomic mass is 35.5. The second-order valence-electron chi connectivity index (χ2n) is 4.81. The third-order valence-corrected chi connectivity index (χ3v) is 4.66. The first kappa shape index (κ1) is 13.1. The van der Waals surface area contributed by atoms with Crippen LogP contribution >= 0.6 is 22.9 Å². The zero-order valence-electron chi connectivity index (χ0n) is 11.0. The van der Waals surface area contributed by atoms with Gasteiger partial charge in [-0.2, -0.15) is 4.98 Å². The molecule has 4 nitrogen and oxygen atoms in total. The van der Waals surface area contributed by atoms with Crippen molar-refractivity contribution in [3.05, 3.63) is 16.2 Å². The lowest BCUT2D eigenvalue weighted by Gasteiger charge is -2.32. The molecule has 6 heteroatoms. The van der Waals surface area contributed by atoms with Crippen LogP contribution in [-0.2, 0) is 4.74 Å². The van der Waals surface area contributed by atoms with Gasteiger partial charge in [0.1, 0.15) is 10.6 Å². The van der Waals surface area contributed by atoms with Crippen molar-refractivity contribution in [2.24, 2.45) is 0 Å². The number of thiophene rings is 1. The number of anilines is 1. The van der Waals surface area contributed by atoms with Crippen molar-refractivity contribution in [2.75, 3.05) is 25.1 Å². The monoisotopic (exact) mass is 297 g/mol. The van der Waals surface area contributed by atoms with Crippen molar-refractivity contribution >= 4 is 39.0 Å². The van der Waals surface area contributed by atoms with Gasteiger partial charge in [0.15, 0.2) is 0 Å². The Bertz CT molecular complexity index is 593. The van der Waals surface area contributed by atoms with Crippen molar-refractivity contribution in [3.63, 3.8) is 0 Å². The molecule has 0 N–H and O–H groups in total. The molecule has 0 amide bonds. The molecule has 0 atom stereocenters. The van der Waals surface area contributed by atoms with Crippen molar-refractivity contribution in [1.82, 2.24) is 9.97 Å². The topological polar surface area (TPSA) is 38.2 Å². The van der Waals surface area contributed by atoms with Gasteiger partial charge in [-0.25, -0.2) is 4.98 Å².